The van der Waals surface area contributed by atoms with Crippen LogP contribution in [0.25, 0.3) is 0 Å². The zero-order valence-electron chi connectivity index (χ0n) is 13.1. The van der Waals surface area contributed by atoms with Crippen LogP contribution in [-0.4, -0.2) is 59.9 Å². The number of carbonyl (C=O) groups excluding carboxylic acids is 1. The molecule has 0 radical (unpaired) electrons. The first-order valence-electron chi connectivity index (χ1n) is 8.38. The van der Waals surface area contributed by atoms with Crippen molar-refractivity contribution in [2.45, 2.75) is 25.4 Å². The molecule has 4 heterocycles. The lowest BCUT2D eigenvalue weighted by molar-refractivity contribution is -0.171. The molecule has 1 aromatic heterocycles. The lowest BCUT2D eigenvalue weighted by Gasteiger charge is -2.35. The average Bonchev–Trinajstić information content (AvgIpc) is 3.25. The van der Waals surface area contributed by atoms with E-state index in [1.807, 2.05) is 6.07 Å². The number of aromatic nitrogens is 2. The molecule has 0 bridgehead atoms. The molecule has 0 N–H and O–H groups in total. The molecular weight excluding hydrogens is 296 g/mol. The maximum absolute atomic E-state index is 12.3. The molecule has 3 fully saturated rings. The van der Waals surface area contributed by atoms with Crippen LogP contribution < -0.4 is 4.90 Å². The molecule has 4 rings (SSSR count). The van der Waals surface area contributed by atoms with E-state index in [4.69, 9.17) is 9.57 Å². The van der Waals surface area contributed by atoms with Crippen molar-refractivity contribution >= 4 is 11.9 Å². The molecule has 3 aliphatic rings. The minimum Gasteiger partial charge on any atom is -0.377 e. The smallest absolute Gasteiger partial charge is 0.248 e. The molecule has 124 valence electrons. The summed E-state index contributed by atoms with van der Waals surface area (Å²) in [6.07, 6.45) is 5.95. The number of amides is 1. The number of anilines is 1. The van der Waals surface area contributed by atoms with Gasteiger partial charge in [0.25, 0.3) is 0 Å². The average molecular weight is 318 g/mol. The zero-order chi connectivity index (χ0) is 15.6. The Labute approximate surface area is 135 Å². The topological polar surface area (TPSA) is 67.8 Å². The van der Waals surface area contributed by atoms with Gasteiger partial charge in [-0.25, -0.2) is 15.0 Å². The fourth-order valence-electron chi connectivity index (χ4n) is 3.85. The predicted octanol–water partition coefficient (Wildman–Crippen LogP) is 0.872. The van der Waals surface area contributed by atoms with Crippen molar-refractivity contribution in [3.05, 3.63) is 18.5 Å². The largest absolute Gasteiger partial charge is 0.377 e. The highest BCUT2D eigenvalue weighted by atomic mass is 16.7. The van der Waals surface area contributed by atoms with Crippen LogP contribution in [0.3, 0.4) is 0 Å². The van der Waals surface area contributed by atoms with Crippen molar-refractivity contribution in [3.8, 4) is 0 Å². The van der Waals surface area contributed by atoms with Gasteiger partial charge in [0.1, 0.15) is 0 Å². The number of nitrogens with zero attached hydrogens (tertiary/aromatic N) is 4. The van der Waals surface area contributed by atoms with Gasteiger partial charge in [-0.2, -0.15) is 0 Å². The Hall–Kier alpha value is -1.73. The van der Waals surface area contributed by atoms with E-state index in [1.54, 1.807) is 12.4 Å². The Bertz CT molecular complexity index is 550. The van der Waals surface area contributed by atoms with E-state index in [2.05, 4.69) is 14.9 Å². The molecule has 0 spiro atoms. The van der Waals surface area contributed by atoms with Crippen LogP contribution >= 0.6 is 0 Å². The summed E-state index contributed by atoms with van der Waals surface area (Å²) in [4.78, 5) is 28.5. The van der Waals surface area contributed by atoms with Gasteiger partial charge in [0.2, 0.25) is 11.9 Å². The van der Waals surface area contributed by atoms with E-state index in [-0.39, 0.29) is 12.0 Å². The van der Waals surface area contributed by atoms with Crippen molar-refractivity contribution in [3.63, 3.8) is 0 Å². The third-order valence-corrected chi connectivity index (χ3v) is 5.04. The molecule has 3 atom stereocenters. The van der Waals surface area contributed by atoms with Crippen LogP contribution in [0.2, 0.25) is 0 Å². The van der Waals surface area contributed by atoms with Crippen LogP contribution in [-0.2, 0) is 14.4 Å². The summed E-state index contributed by atoms with van der Waals surface area (Å²) in [6.45, 7) is 3.89. The molecule has 1 amide bonds. The number of ether oxygens (including phenoxy) is 1. The molecule has 0 unspecified atom stereocenters. The first kappa shape index (κ1) is 14.8. The van der Waals surface area contributed by atoms with Gasteiger partial charge in [-0.15, -0.1) is 0 Å². The second kappa shape index (κ2) is 6.41. The number of carbonyl (C=O) groups is 1. The van der Waals surface area contributed by atoms with E-state index >= 15 is 0 Å². The van der Waals surface area contributed by atoms with Crippen molar-refractivity contribution in [2.24, 2.45) is 11.8 Å². The highest BCUT2D eigenvalue weighted by Gasteiger charge is 2.42. The monoisotopic (exact) mass is 318 g/mol. The summed E-state index contributed by atoms with van der Waals surface area (Å²) >= 11 is 0. The third kappa shape index (κ3) is 3.03. The lowest BCUT2D eigenvalue weighted by Crippen LogP contribution is -2.43. The van der Waals surface area contributed by atoms with Gasteiger partial charge in [0, 0.05) is 31.4 Å². The number of hydroxylamine groups is 2. The fourth-order valence-corrected chi connectivity index (χ4v) is 3.85. The molecule has 23 heavy (non-hydrogen) atoms. The second-order valence-electron chi connectivity index (χ2n) is 6.47. The van der Waals surface area contributed by atoms with Crippen molar-refractivity contribution in [1.82, 2.24) is 15.0 Å². The van der Waals surface area contributed by atoms with E-state index in [0.717, 1.165) is 31.9 Å². The van der Waals surface area contributed by atoms with E-state index in [9.17, 15) is 4.79 Å². The Balaban J connectivity index is 1.35. The predicted molar refractivity (Wildman–Crippen MR) is 82.5 cm³/mol. The number of rotatable bonds is 3. The first-order valence-corrected chi connectivity index (χ1v) is 8.38. The maximum atomic E-state index is 12.3. The van der Waals surface area contributed by atoms with Crippen LogP contribution in [0.15, 0.2) is 18.5 Å². The van der Waals surface area contributed by atoms with Gasteiger partial charge in [0.15, 0.2) is 0 Å². The zero-order valence-corrected chi connectivity index (χ0v) is 13.1. The quantitative estimate of drug-likeness (QED) is 0.824. The van der Waals surface area contributed by atoms with Crippen molar-refractivity contribution in [1.29, 1.82) is 0 Å². The van der Waals surface area contributed by atoms with Crippen LogP contribution in [0, 0.1) is 11.8 Å². The van der Waals surface area contributed by atoms with Gasteiger partial charge in [0.05, 0.1) is 32.3 Å². The van der Waals surface area contributed by atoms with E-state index < -0.39 is 0 Å². The minimum atomic E-state index is 0.0236. The lowest BCUT2D eigenvalue weighted by atomic mass is 9.83. The normalized spacial score (nSPS) is 30.5. The van der Waals surface area contributed by atoms with E-state index in [1.165, 1.54) is 5.06 Å². The molecule has 0 aromatic carbocycles. The molecular formula is C16H22N4O3. The Morgan fingerprint density at radius 2 is 2.17 bits per heavy atom. The number of hydrogen-bond donors (Lipinski definition) is 0. The van der Waals surface area contributed by atoms with Gasteiger partial charge < -0.3 is 9.64 Å². The Morgan fingerprint density at radius 1 is 1.30 bits per heavy atom. The summed E-state index contributed by atoms with van der Waals surface area (Å²) in [5.41, 5.74) is 0. The van der Waals surface area contributed by atoms with Crippen LogP contribution in [0.4, 0.5) is 5.95 Å². The highest BCUT2D eigenvalue weighted by molar-refractivity contribution is 5.75. The van der Waals surface area contributed by atoms with Crippen LogP contribution in [0.5, 0.6) is 0 Å². The summed E-state index contributed by atoms with van der Waals surface area (Å²) in [5.74, 6) is 1.74. The van der Waals surface area contributed by atoms with Crippen molar-refractivity contribution < 1.29 is 14.4 Å². The molecule has 1 aromatic rings. The Morgan fingerprint density at radius 3 is 2.96 bits per heavy atom. The van der Waals surface area contributed by atoms with Gasteiger partial charge in [-0.1, -0.05) is 0 Å². The van der Waals surface area contributed by atoms with Gasteiger partial charge in [-0.05, 0) is 24.8 Å². The van der Waals surface area contributed by atoms with Crippen molar-refractivity contribution in [2.75, 3.05) is 37.7 Å². The highest BCUT2D eigenvalue weighted by Crippen LogP contribution is 2.36. The van der Waals surface area contributed by atoms with Gasteiger partial charge in [-0.3, -0.25) is 9.63 Å². The number of piperidine rings is 1. The third-order valence-electron chi connectivity index (χ3n) is 5.04. The number of hydrogen-bond acceptors (Lipinski definition) is 6. The summed E-state index contributed by atoms with van der Waals surface area (Å²) in [5, 5.41) is 1.50. The molecule has 3 saturated heterocycles. The molecule has 0 aliphatic carbocycles. The minimum absolute atomic E-state index is 0.0236. The molecule has 7 nitrogen and oxygen atoms in total. The molecule has 0 saturated carbocycles. The summed E-state index contributed by atoms with van der Waals surface area (Å²) in [7, 11) is 0. The maximum Gasteiger partial charge on any atom is 0.248 e. The SMILES string of the molecule is O=C(C[C@@H]1OC[C@H]2CN(c3ncccn3)CC[C@H]21)N1CCCO1. The van der Waals surface area contributed by atoms with E-state index in [0.29, 0.717) is 38.0 Å². The standard InChI is InChI=1S/C16H22N4O3/c21-15(20-6-2-8-23-20)9-14-13-3-7-19(10-12(13)11-22-14)16-17-4-1-5-18-16/h1,4-5,12-14H,2-3,6-11H2/t12-,13-,14+/m1/s1. The second-order valence-corrected chi connectivity index (χ2v) is 6.47. The summed E-state index contributed by atoms with van der Waals surface area (Å²) < 4.78 is 5.94. The molecule has 3 aliphatic heterocycles. The first-order chi connectivity index (χ1) is 11.3. The summed E-state index contributed by atoms with van der Waals surface area (Å²) in [6, 6.07) is 1.83. The number of fused-ring (bicyclic) bond motifs is 1. The van der Waals surface area contributed by atoms with Crippen LogP contribution in [0.1, 0.15) is 19.3 Å². The fraction of sp³-hybridized carbons (Fsp3) is 0.688. The molecule has 7 heteroatoms. The Kier molecular flexibility index (Phi) is 4.13. The van der Waals surface area contributed by atoms with Gasteiger partial charge >= 0.3 is 0 Å².